The van der Waals surface area contributed by atoms with Crippen LogP contribution in [0.15, 0.2) is 17.0 Å². The van der Waals surface area contributed by atoms with Crippen molar-refractivity contribution < 1.29 is 33.6 Å². The van der Waals surface area contributed by atoms with E-state index in [1.807, 2.05) is 0 Å². The molecule has 8 nitrogen and oxygen atoms in total. The minimum absolute atomic E-state index is 0.174. The highest BCUT2D eigenvalue weighted by molar-refractivity contribution is 7.89. The molecule has 0 unspecified atom stereocenters. The van der Waals surface area contributed by atoms with E-state index in [0.29, 0.717) is 0 Å². The number of rotatable bonds is 3. The Balaban J connectivity index is 2.50. The highest BCUT2D eigenvalue weighted by Gasteiger charge is 2.38. The standard InChI is InChI=1S/C12H15NO7S/c1-6-2-8(14)7(12(17)18)3-11(6)21(19,20)13-4-9(15)10(16)5-13/h2-3,9-10,14-16H,4-5H2,1H3,(H,17,18)/t9-,10+. The van der Waals surface area contributed by atoms with Crippen LogP contribution in [0.3, 0.4) is 0 Å². The number of carboxylic acids is 1. The quantitative estimate of drug-likeness (QED) is 0.568. The molecule has 1 fully saturated rings. The average molecular weight is 317 g/mol. The summed E-state index contributed by atoms with van der Waals surface area (Å²) in [5.74, 6) is -1.98. The first kappa shape index (κ1) is 15.7. The molecule has 1 heterocycles. The van der Waals surface area contributed by atoms with E-state index in [0.717, 1.165) is 16.4 Å². The second-order valence-electron chi connectivity index (χ2n) is 4.90. The minimum atomic E-state index is -4.07. The monoisotopic (exact) mass is 317 g/mol. The molecule has 0 bridgehead atoms. The fraction of sp³-hybridized carbons (Fsp3) is 0.417. The Labute approximate surface area is 120 Å². The fourth-order valence-corrected chi connectivity index (χ4v) is 3.90. The van der Waals surface area contributed by atoms with Gasteiger partial charge in [0.05, 0.1) is 17.1 Å². The van der Waals surface area contributed by atoms with Crippen LogP contribution in [0.2, 0.25) is 0 Å². The van der Waals surface area contributed by atoms with E-state index in [-0.39, 0.29) is 23.5 Å². The van der Waals surface area contributed by atoms with E-state index in [2.05, 4.69) is 0 Å². The third-order valence-corrected chi connectivity index (χ3v) is 5.34. The van der Waals surface area contributed by atoms with Crippen molar-refractivity contribution >= 4 is 16.0 Å². The molecule has 1 aromatic carbocycles. The van der Waals surface area contributed by atoms with Gasteiger partial charge in [0, 0.05) is 13.1 Å². The summed E-state index contributed by atoms with van der Waals surface area (Å²) in [7, 11) is -4.07. The Kier molecular flexibility index (Phi) is 3.93. The molecule has 21 heavy (non-hydrogen) atoms. The van der Waals surface area contributed by atoms with Gasteiger partial charge in [-0.3, -0.25) is 0 Å². The maximum atomic E-state index is 12.5. The van der Waals surface area contributed by atoms with Gasteiger partial charge in [-0.15, -0.1) is 0 Å². The number of carbonyl (C=O) groups is 1. The van der Waals surface area contributed by atoms with E-state index >= 15 is 0 Å². The van der Waals surface area contributed by atoms with Crippen molar-refractivity contribution in [1.82, 2.24) is 4.31 Å². The topological polar surface area (TPSA) is 135 Å². The molecule has 0 saturated carbocycles. The summed E-state index contributed by atoms with van der Waals surface area (Å²) in [6.45, 7) is 0.875. The predicted octanol–water partition coefficient (Wildman–Crippen LogP) is -0.875. The van der Waals surface area contributed by atoms with Gasteiger partial charge in [0.15, 0.2) is 0 Å². The first-order valence-corrected chi connectivity index (χ1v) is 7.51. The van der Waals surface area contributed by atoms with Crippen LogP contribution >= 0.6 is 0 Å². The van der Waals surface area contributed by atoms with Crippen molar-refractivity contribution in [2.45, 2.75) is 24.0 Å². The van der Waals surface area contributed by atoms with Gasteiger partial charge in [0.1, 0.15) is 11.3 Å². The molecule has 0 spiro atoms. The molecule has 9 heteroatoms. The van der Waals surface area contributed by atoms with Crippen LogP contribution in [0.4, 0.5) is 0 Å². The number of aromatic hydroxyl groups is 1. The Hall–Kier alpha value is -1.68. The van der Waals surface area contributed by atoms with Gasteiger partial charge in [-0.2, -0.15) is 4.31 Å². The Morgan fingerprint density at radius 3 is 2.24 bits per heavy atom. The Morgan fingerprint density at radius 1 is 1.24 bits per heavy atom. The SMILES string of the molecule is Cc1cc(O)c(C(=O)O)cc1S(=O)(=O)N1C[C@@H](O)[C@@H](O)C1. The zero-order valence-corrected chi connectivity index (χ0v) is 11.9. The number of nitrogens with zero attached hydrogens (tertiary/aromatic N) is 1. The number of phenols is 1. The van der Waals surface area contributed by atoms with E-state index in [1.165, 1.54) is 6.92 Å². The number of β-amino-alcohol motifs (C(OH)–C–C–N with tert-alkyl or cyclic N) is 2. The number of benzene rings is 1. The van der Waals surface area contributed by atoms with Crippen LogP contribution in [-0.4, -0.2) is 64.4 Å². The van der Waals surface area contributed by atoms with Crippen LogP contribution < -0.4 is 0 Å². The summed E-state index contributed by atoms with van der Waals surface area (Å²) in [5.41, 5.74) is -0.354. The molecule has 116 valence electrons. The third kappa shape index (κ3) is 2.72. The van der Waals surface area contributed by atoms with Crippen molar-refractivity contribution in [2.75, 3.05) is 13.1 Å². The van der Waals surface area contributed by atoms with Crippen molar-refractivity contribution in [2.24, 2.45) is 0 Å². The first-order valence-electron chi connectivity index (χ1n) is 6.07. The lowest BCUT2D eigenvalue weighted by Gasteiger charge is -2.18. The number of aryl methyl sites for hydroxylation is 1. The number of sulfonamides is 1. The van der Waals surface area contributed by atoms with Crippen LogP contribution in [0.25, 0.3) is 0 Å². The second kappa shape index (κ2) is 5.26. The minimum Gasteiger partial charge on any atom is -0.507 e. The van der Waals surface area contributed by atoms with Crippen molar-refractivity contribution in [3.8, 4) is 5.75 Å². The molecule has 1 aliphatic heterocycles. The van der Waals surface area contributed by atoms with Gasteiger partial charge in [0.25, 0.3) is 0 Å². The summed E-state index contributed by atoms with van der Waals surface area (Å²) in [5, 5.41) is 37.4. The number of carboxylic acid groups (broad SMARTS) is 1. The number of hydrogen-bond donors (Lipinski definition) is 4. The molecule has 1 aliphatic rings. The summed E-state index contributed by atoms with van der Waals surface area (Å²) in [6, 6.07) is 1.93. The Morgan fingerprint density at radius 2 is 1.76 bits per heavy atom. The van der Waals surface area contributed by atoms with Gasteiger partial charge >= 0.3 is 5.97 Å². The second-order valence-corrected chi connectivity index (χ2v) is 6.80. The molecule has 2 atom stereocenters. The highest BCUT2D eigenvalue weighted by Crippen LogP contribution is 2.29. The summed E-state index contributed by atoms with van der Waals surface area (Å²) in [6.07, 6.45) is -2.37. The van der Waals surface area contributed by atoms with Gasteiger partial charge in [-0.25, -0.2) is 13.2 Å². The molecule has 1 saturated heterocycles. The maximum absolute atomic E-state index is 12.5. The third-order valence-electron chi connectivity index (χ3n) is 3.37. The smallest absolute Gasteiger partial charge is 0.339 e. The zero-order valence-electron chi connectivity index (χ0n) is 11.1. The fourth-order valence-electron chi connectivity index (χ4n) is 2.19. The summed E-state index contributed by atoms with van der Waals surface area (Å²) < 4.78 is 25.8. The van der Waals surface area contributed by atoms with Crippen molar-refractivity contribution in [3.05, 3.63) is 23.3 Å². The summed E-state index contributed by atoms with van der Waals surface area (Å²) >= 11 is 0. The lowest BCUT2D eigenvalue weighted by molar-refractivity contribution is 0.0572. The van der Waals surface area contributed by atoms with Gasteiger partial charge in [-0.1, -0.05) is 0 Å². The van der Waals surface area contributed by atoms with Crippen LogP contribution in [0.1, 0.15) is 15.9 Å². The van der Waals surface area contributed by atoms with Crippen LogP contribution in [-0.2, 0) is 10.0 Å². The van der Waals surface area contributed by atoms with E-state index in [1.54, 1.807) is 0 Å². The lowest BCUT2D eigenvalue weighted by Crippen LogP contribution is -2.30. The number of aromatic carboxylic acids is 1. The average Bonchev–Trinajstić information content (AvgIpc) is 2.69. The van der Waals surface area contributed by atoms with Gasteiger partial charge < -0.3 is 20.4 Å². The van der Waals surface area contributed by atoms with Crippen molar-refractivity contribution in [1.29, 1.82) is 0 Å². The van der Waals surface area contributed by atoms with Gasteiger partial charge in [-0.05, 0) is 24.6 Å². The number of hydrogen-bond acceptors (Lipinski definition) is 6. The van der Waals surface area contributed by atoms with Crippen molar-refractivity contribution in [3.63, 3.8) is 0 Å². The molecule has 0 radical (unpaired) electrons. The number of aliphatic hydroxyl groups is 2. The molecular formula is C12H15NO7S. The predicted molar refractivity (Wildman–Crippen MR) is 70.6 cm³/mol. The highest BCUT2D eigenvalue weighted by atomic mass is 32.2. The first-order chi connectivity index (χ1) is 9.64. The normalized spacial score (nSPS) is 23.4. The van der Waals surface area contributed by atoms with E-state index < -0.39 is 39.5 Å². The molecule has 0 aromatic heterocycles. The summed E-state index contributed by atoms with van der Waals surface area (Å²) in [4.78, 5) is 10.7. The molecule has 0 aliphatic carbocycles. The molecular weight excluding hydrogens is 302 g/mol. The lowest BCUT2D eigenvalue weighted by atomic mass is 10.1. The van der Waals surface area contributed by atoms with Crippen LogP contribution in [0, 0.1) is 6.92 Å². The Bertz CT molecular complexity index is 675. The number of aliphatic hydroxyl groups excluding tert-OH is 2. The van der Waals surface area contributed by atoms with E-state index in [4.69, 9.17) is 5.11 Å². The van der Waals surface area contributed by atoms with Gasteiger partial charge in [0.2, 0.25) is 10.0 Å². The van der Waals surface area contributed by atoms with E-state index in [9.17, 15) is 28.5 Å². The molecule has 2 rings (SSSR count). The molecule has 4 N–H and O–H groups in total. The molecule has 0 amide bonds. The maximum Gasteiger partial charge on any atom is 0.339 e. The zero-order chi connectivity index (χ0) is 15.9. The largest absolute Gasteiger partial charge is 0.507 e. The molecule has 1 aromatic rings. The van der Waals surface area contributed by atoms with Crippen LogP contribution in [0.5, 0.6) is 5.75 Å².